The Kier molecular flexibility index (Phi) is 5.51. The molecule has 0 aliphatic heterocycles. The van der Waals surface area contributed by atoms with Gasteiger partial charge >= 0.3 is 6.18 Å². The zero-order valence-corrected chi connectivity index (χ0v) is 14.7. The molecule has 0 saturated carbocycles. The minimum Gasteiger partial charge on any atom is -0.508 e. The van der Waals surface area contributed by atoms with Crippen LogP contribution < -0.4 is 0 Å². The van der Waals surface area contributed by atoms with Crippen LogP contribution >= 0.6 is 0 Å². The number of fused-ring (bicyclic) bond motifs is 1. The first kappa shape index (κ1) is 19.6. The number of halogens is 3. The van der Waals surface area contributed by atoms with Crippen molar-refractivity contribution in [2.24, 2.45) is 0 Å². The predicted octanol–water partition coefficient (Wildman–Crippen LogP) is 5.02. The van der Waals surface area contributed by atoms with E-state index in [1.54, 1.807) is 36.4 Å². The van der Waals surface area contributed by atoms with Crippen LogP contribution in [0.3, 0.4) is 0 Å². The van der Waals surface area contributed by atoms with Gasteiger partial charge in [0.25, 0.3) is 5.69 Å². The number of nitro benzene ring substituents is 1. The second kappa shape index (κ2) is 7.85. The summed E-state index contributed by atoms with van der Waals surface area (Å²) in [6.07, 6.45) is -4.50. The van der Waals surface area contributed by atoms with Gasteiger partial charge in [0.1, 0.15) is 5.75 Å². The van der Waals surface area contributed by atoms with E-state index in [0.717, 1.165) is 10.3 Å². The van der Waals surface area contributed by atoms with E-state index in [1.807, 2.05) is 0 Å². The van der Waals surface area contributed by atoms with Gasteiger partial charge < -0.3 is 5.11 Å². The summed E-state index contributed by atoms with van der Waals surface area (Å²) in [6.45, 7) is -1.75. The minimum atomic E-state index is -4.50. The van der Waals surface area contributed by atoms with Crippen LogP contribution in [0.15, 0.2) is 60.7 Å². The van der Waals surface area contributed by atoms with E-state index < -0.39 is 17.6 Å². The summed E-state index contributed by atoms with van der Waals surface area (Å²) in [5.41, 5.74) is 0.286. The molecule has 28 heavy (non-hydrogen) atoms. The smallest absolute Gasteiger partial charge is 0.401 e. The molecule has 0 amide bonds. The summed E-state index contributed by atoms with van der Waals surface area (Å²) in [6, 6.07) is 15.9. The number of nitro groups is 1. The summed E-state index contributed by atoms with van der Waals surface area (Å²) in [4.78, 5) is 11.6. The second-order valence-corrected chi connectivity index (χ2v) is 6.43. The van der Waals surface area contributed by atoms with Crippen molar-refractivity contribution >= 4 is 16.5 Å². The fourth-order valence-corrected chi connectivity index (χ4v) is 3.20. The number of phenols is 1. The van der Waals surface area contributed by atoms with E-state index in [1.165, 1.54) is 24.3 Å². The Morgan fingerprint density at radius 2 is 1.64 bits per heavy atom. The summed E-state index contributed by atoms with van der Waals surface area (Å²) < 4.78 is 39.4. The molecule has 3 rings (SSSR count). The Hall–Kier alpha value is -3.13. The molecule has 0 bridgehead atoms. The van der Waals surface area contributed by atoms with E-state index in [2.05, 4.69) is 0 Å². The van der Waals surface area contributed by atoms with Crippen molar-refractivity contribution in [2.75, 3.05) is 6.54 Å². The van der Waals surface area contributed by atoms with Crippen molar-refractivity contribution in [3.05, 3.63) is 81.9 Å². The van der Waals surface area contributed by atoms with Crippen molar-refractivity contribution < 1.29 is 23.2 Å². The fraction of sp³-hybridized carbons (Fsp3) is 0.200. The predicted molar refractivity (Wildman–Crippen MR) is 98.9 cm³/mol. The van der Waals surface area contributed by atoms with Gasteiger partial charge in [0.2, 0.25) is 0 Å². The highest BCUT2D eigenvalue weighted by molar-refractivity contribution is 5.87. The molecule has 0 unspecified atom stereocenters. The molecular weight excluding hydrogens is 373 g/mol. The topological polar surface area (TPSA) is 66.6 Å². The molecule has 0 radical (unpaired) electrons. The Morgan fingerprint density at radius 1 is 0.964 bits per heavy atom. The number of rotatable bonds is 6. The molecule has 8 heteroatoms. The Morgan fingerprint density at radius 3 is 2.36 bits per heavy atom. The fourth-order valence-electron chi connectivity index (χ4n) is 3.20. The molecule has 3 aromatic rings. The molecule has 0 aromatic heterocycles. The monoisotopic (exact) mass is 390 g/mol. The summed E-state index contributed by atoms with van der Waals surface area (Å²) in [5, 5.41) is 22.9. The molecule has 0 aliphatic rings. The minimum absolute atomic E-state index is 0.117. The van der Waals surface area contributed by atoms with Gasteiger partial charge in [-0.25, -0.2) is 0 Å². The van der Waals surface area contributed by atoms with E-state index in [4.69, 9.17) is 0 Å². The van der Waals surface area contributed by atoms with Crippen LogP contribution in [-0.2, 0) is 13.1 Å². The van der Waals surface area contributed by atoms with Crippen molar-refractivity contribution in [1.82, 2.24) is 4.90 Å². The highest BCUT2D eigenvalue weighted by Crippen LogP contribution is 2.31. The molecule has 1 N–H and O–H groups in total. The summed E-state index contributed by atoms with van der Waals surface area (Å²) in [5.74, 6) is -0.117. The van der Waals surface area contributed by atoms with E-state index in [0.29, 0.717) is 10.9 Å². The zero-order valence-electron chi connectivity index (χ0n) is 14.7. The number of aromatic hydroxyl groups is 1. The van der Waals surface area contributed by atoms with Crippen LogP contribution in [0.2, 0.25) is 0 Å². The third-order valence-electron chi connectivity index (χ3n) is 4.38. The third-order valence-corrected chi connectivity index (χ3v) is 4.38. The largest absolute Gasteiger partial charge is 0.508 e. The number of hydrogen-bond donors (Lipinski definition) is 1. The van der Waals surface area contributed by atoms with Crippen LogP contribution in [0, 0.1) is 10.1 Å². The number of hydrogen-bond acceptors (Lipinski definition) is 4. The SMILES string of the molecule is O=[N+]([O-])c1ccccc1CN(Cc1c(O)ccc2ccccc12)CC(F)(F)F. The normalized spacial score (nSPS) is 11.9. The molecule has 0 atom stereocenters. The van der Waals surface area contributed by atoms with Gasteiger partial charge in [-0.15, -0.1) is 0 Å². The number of nitrogens with zero attached hydrogens (tertiary/aromatic N) is 2. The van der Waals surface area contributed by atoms with Crippen LogP contribution in [0.5, 0.6) is 5.75 Å². The number of phenolic OH excluding ortho intramolecular Hbond substituents is 1. The van der Waals surface area contributed by atoms with Gasteiger partial charge in [-0.05, 0) is 16.8 Å². The molecule has 0 saturated heterocycles. The Balaban J connectivity index is 1.99. The van der Waals surface area contributed by atoms with E-state index in [9.17, 15) is 28.4 Å². The molecule has 0 spiro atoms. The standard InChI is InChI=1S/C20H17F3N2O3/c21-20(22,23)13-24(11-15-6-2-4-8-18(15)25(27)28)12-17-16-7-3-1-5-14(16)9-10-19(17)26/h1-10,26H,11-13H2. The summed E-state index contributed by atoms with van der Waals surface area (Å²) in [7, 11) is 0. The molecular formula is C20H17F3N2O3. The van der Waals surface area contributed by atoms with Gasteiger partial charge in [-0.2, -0.15) is 13.2 Å². The molecule has 0 heterocycles. The Labute approximate surface area is 158 Å². The first-order valence-electron chi connectivity index (χ1n) is 8.45. The lowest BCUT2D eigenvalue weighted by Gasteiger charge is -2.25. The molecule has 5 nitrogen and oxygen atoms in total. The maximum absolute atomic E-state index is 13.1. The van der Waals surface area contributed by atoms with Crippen LogP contribution in [0.4, 0.5) is 18.9 Å². The van der Waals surface area contributed by atoms with Crippen molar-refractivity contribution in [1.29, 1.82) is 0 Å². The average molecular weight is 390 g/mol. The van der Waals surface area contributed by atoms with Gasteiger partial charge in [-0.1, -0.05) is 48.5 Å². The Bertz CT molecular complexity index is 1010. The molecule has 0 aliphatic carbocycles. The highest BCUT2D eigenvalue weighted by atomic mass is 19.4. The van der Waals surface area contributed by atoms with E-state index in [-0.39, 0.29) is 30.1 Å². The number of benzene rings is 3. The van der Waals surface area contributed by atoms with Gasteiger partial charge in [0.05, 0.1) is 11.5 Å². The lowest BCUT2D eigenvalue weighted by molar-refractivity contribution is -0.385. The second-order valence-electron chi connectivity index (χ2n) is 6.43. The van der Waals surface area contributed by atoms with Crippen molar-refractivity contribution in [3.8, 4) is 5.75 Å². The van der Waals surface area contributed by atoms with Crippen molar-refractivity contribution in [2.45, 2.75) is 19.3 Å². The van der Waals surface area contributed by atoms with Crippen LogP contribution in [0.25, 0.3) is 10.8 Å². The molecule has 0 fully saturated rings. The van der Waals surface area contributed by atoms with Gasteiger partial charge in [-0.3, -0.25) is 15.0 Å². The molecule has 3 aromatic carbocycles. The van der Waals surface area contributed by atoms with Crippen molar-refractivity contribution in [3.63, 3.8) is 0 Å². The average Bonchev–Trinajstić information content (AvgIpc) is 2.63. The summed E-state index contributed by atoms with van der Waals surface area (Å²) >= 11 is 0. The first-order chi connectivity index (χ1) is 13.2. The van der Waals surface area contributed by atoms with Crippen LogP contribution in [0.1, 0.15) is 11.1 Å². The van der Waals surface area contributed by atoms with E-state index >= 15 is 0 Å². The maximum atomic E-state index is 13.1. The lowest BCUT2D eigenvalue weighted by atomic mass is 10.0. The maximum Gasteiger partial charge on any atom is 0.401 e. The number of alkyl halides is 3. The lowest BCUT2D eigenvalue weighted by Crippen LogP contribution is -2.33. The first-order valence-corrected chi connectivity index (χ1v) is 8.45. The van der Waals surface area contributed by atoms with Gasteiger partial charge in [0, 0.05) is 30.3 Å². The molecule has 146 valence electrons. The quantitative estimate of drug-likeness (QED) is 0.474. The van der Waals surface area contributed by atoms with Gasteiger partial charge in [0.15, 0.2) is 0 Å². The highest BCUT2D eigenvalue weighted by Gasteiger charge is 2.32. The zero-order chi connectivity index (χ0) is 20.3. The van der Waals surface area contributed by atoms with Crippen LogP contribution in [-0.4, -0.2) is 27.7 Å². The number of para-hydroxylation sites is 1. The third kappa shape index (κ3) is 4.58.